The van der Waals surface area contributed by atoms with E-state index in [0.29, 0.717) is 13.2 Å². The maximum absolute atomic E-state index is 12.1. The SMILES string of the molecule is CCOC(=O)C(CN(CC)c1ccccc1C)NC(C)C. The summed E-state index contributed by atoms with van der Waals surface area (Å²) in [7, 11) is 0. The number of ether oxygens (including phenoxy) is 1. The summed E-state index contributed by atoms with van der Waals surface area (Å²) in [5.74, 6) is -0.182. The van der Waals surface area contributed by atoms with Crippen LogP contribution in [-0.2, 0) is 9.53 Å². The maximum Gasteiger partial charge on any atom is 0.324 e. The Morgan fingerprint density at radius 2 is 1.95 bits per heavy atom. The number of nitrogens with zero attached hydrogens (tertiary/aromatic N) is 1. The van der Waals surface area contributed by atoms with E-state index >= 15 is 0 Å². The Labute approximate surface area is 128 Å². The molecule has 0 spiro atoms. The number of likely N-dealkylation sites (N-methyl/N-ethyl adjacent to an activating group) is 1. The van der Waals surface area contributed by atoms with E-state index in [1.54, 1.807) is 0 Å². The maximum atomic E-state index is 12.1. The lowest BCUT2D eigenvalue weighted by atomic mass is 10.1. The van der Waals surface area contributed by atoms with Gasteiger partial charge in [0, 0.05) is 24.8 Å². The molecule has 0 saturated carbocycles. The first-order valence-corrected chi connectivity index (χ1v) is 7.72. The molecule has 0 aromatic heterocycles. The van der Waals surface area contributed by atoms with Crippen LogP contribution in [0.15, 0.2) is 24.3 Å². The van der Waals surface area contributed by atoms with E-state index in [-0.39, 0.29) is 18.1 Å². The van der Waals surface area contributed by atoms with E-state index in [1.807, 2.05) is 32.9 Å². The van der Waals surface area contributed by atoms with Crippen LogP contribution >= 0.6 is 0 Å². The molecule has 118 valence electrons. The van der Waals surface area contributed by atoms with Gasteiger partial charge in [0.1, 0.15) is 6.04 Å². The molecule has 1 aromatic rings. The summed E-state index contributed by atoms with van der Waals surface area (Å²) < 4.78 is 5.19. The third-order valence-corrected chi connectivity index (χ3v) is 3.35. The van der Waals surface area contributed by atoms with Crippen LogP contribution in [0.2, 0.25) is 0 Å². The van der Waals surface area contributed by atoms with Crippen LogP contribution in [0.25, 0.3) is 0 Å². The van der Waals surface area contributed by atoms with Crippen LogP contribution < -0.4 is 10.2 Å². The van der Waals surface area contributed by atoms with Gasteiger partial charge in [-0.15, -0.1) is 0 Å². The van der Waals surface area contributed by atoms with Crippen LogP contribution in [0.3, 0.4) is 0 Å². The molecular weight excluding hydrogens is 264 g/mol. The number of carbonyl (C=O) groups excluding carboxylic acids is 1. The number of para-hydroxylation sites is 1. The topological polar surface area (TPSA) is 41.6 Å². The van der Waals surface area contributed by atoms with Gasteiger partial charge in [0.25, 0.3) is 0 Å². The standard InChI is InChI=1S/C17H28N2O2/c1-6-19(16-11-9-8-10-14(16)5)12-15(18-13(3)4)17(20)21-7-2/h8-11,13,15,18H,6-7,12H2,1-5H3. The summed E-state index contributed by atoms with van der Waals surface area (Å²) >= 11 is 0. The van der Waals surface area contributed by atoms with E-state index in [4.69, 9.17) is 4.74 Å². The number of aryl methyl sites for hydroxylation is 1. The number of benzene rings is 1. The smallest absolute Gasteiger partial charge is 0.324 e. The number of anilines is 1. The quantitative estimate of drug-likeness (QED) is 0.748. The molecule has 0 aliphatic carbocycles. The molecule has 0 radical (unpaired) electrons. The van der Waals surface area contributed by atoms with Crippen LogP contribution in [0.5, 0.6) is 0 Å². The number of carbonyl (C=O) groups is 1. The second kappa shape index (κ2) is 8.67. The summed E-state index contributed by atoms with van der Waals surface area (Å²) in [4.78, 5) is 14.3. The van der Waals surface area contributed by atoms with Gasteiger partial charge in [-0.25, -0.2) is 0 Å². The molecule has 0 heterocycles. The fourth-order valence-electron chi connectivity index (χ4n) is 2.38. The average molecular weight is 292 g/mol. The van der Waals surface area contributed by atoms with Gasteiger partial charge in [-0.1, -0.05) is 32.0 Å². The number of hydrogen-bond acceptors (Lipinski definition) is 4. The lowest BCUT2D eigenvalue weighted by Gasteiger charge is -2.30. The van der Waals surface area contributed by atoms with Crippen molar-refractivity contribution in [2.75, 3.05) is 24.6 Å². The summed E-state index contributed by atoms with van der Waals surface area (Å²) in [6.07, 6.45) is 0. The monoisotopic (exact) mass is 292 g/mol. The zero-order valence-corrected chi connectivity index (χ0v) is 13.8. The molecule has 4 nitrogen and oxygen atoms in total. The first-order chi connectivity index (χ1) is 9.99. The minimum absolute atomic E-state index is 0.182. The van der Waals surface area contributed by atoms with Crippen LogP contribution in [-0.4, -0.2) is 37.7 Å². The Balaban J connectivity index is 2.88. The van der Waals surface area contributed by atoms with Crippen molar-refractivity contribution in [1.29, 1.82) is 0 Å². The molecule has 0 fully saturated rings. The molecule has 1 rings (SSSR count). The van der Waals surface area contributed by atoms with Gasteiger partial charge in [-0.2, -0.15) is 0 Å². The lowest BCUT2D eigenvalue weighted by molar-refractivity contribution is -0.145. The van der Waals surface area contributed by atoms with Crippen LogP contribution in [0, 0.1) is 6.92 Å². The van der Waals surface area contributed by atoms with E-state index in [9.17, 15) is 4.79 Å². The van der Waals surface area contributed by atoms with Crippen molar-refractivity contribution < 1.29 is 9.53 Å². The average Bonchev–Trinajstić information content (AvgIpc) is 2.44. The summed E-state index contributed by atoms with van der Waals surface area (Å²) in [5, 5.41) is 3.30. The van der Waals surface area contributed by atoms with Gasteiger partial charge in [-0.3, -0.25) is 4.79 Å². The highest BCUT2D eigenvalue weighted by Gasteiger charge is 2.23. The van der Waals surface area contributed by atoms with Crippen molar-refractivity contribution in [3.05, 3.63) is 29.8 Å². The van der Waals surface area contributed by atoms with Crippen molar-refractivity contribution in [1.82, 2.24) is 5.32 Å². The van der Waals surface area contributed by atoms with Crippen LogP contribution in [0.4, 0.5) is 5.69 Å². The third-order valence-electron chi connectivity index (χ3n) is 3.35. The highest BCUT2D eigenvalue weighted by Crippen LogP contribution is 2.19. The van der Waals surface area contributed by atoms with Gasteiger partial charge < -0.3 is 15.0 Å². The number of rotatable bonds is 8. The number of nitrogens with one attached hydrogen (secondary N) is 1. The van der Waals surface area contributed by atoms with E-state index < -0.39 is 0 Å². The molecule has 0 aliphatic rings. The molecule has 0 aliphatic heterocycles. The molecule has 1 N–H and O–H groups in total. The van der Waals surface area contributed by atoms with E-state index in [0.717, 1.165) is 6.54 Å². The van der Waals surface area contributed by atoms with Crippen LogP contribution in [0.1, 0.15) is 33.3 Å². The molecule has 1 atom stereocenters. The van der Waals surface area contributed by atoms with Crippen molar-refractivity contribution in [3.63, 3.8) is 0 Å². The zero-order valence-electron chi connectivity index (χ0n) is 13.8. The molecular formula is C17H28N2O2. The Hall–Kier alpha value is -1.55. The minimum Gasteiger partial charge on any atom is -0.465 e. The predicted octanol–water partition coefficient (Wildman–Crippen LogP) is 2.75. The molecule has 4 heteroatoms. The highest BCUT2D eigenvalue weighted by molar-refractivity contribution is 5.77. The van der Waals surface area contributed by atoms with Crippen molar-refractivity contribution >= 4 is 11.7 Å². The Morgan fingerprint density at radius 1 is 1.29 bits per heavy atom. The first kappa shape index (κ1) is 17.5. The van der Waals surface area contributed by atoms with Gasteiger partial charge in [0.15, 0.2) is 0 Å². The van der Waals surface area contributed by atoms with Crippen molar-refractivity contribution in [2.24, 2.45) is 0 Å². The largest absolute Gasteiger partial charge is 0.465 e. The molecule has 21 heavy (non-hydrogen) atoms. The Morgan fingerprint density at radius 3 is 2.48 bits per heavy atom. The molecule has 1 unspecified atom stereocenters. The molecule has 1 aromatic carbocycles. The fraction of sp³-hybridized carbons (Fsp3) is 0.588. The molecule has 0 bridgehead atoms. The van der Waals surface area contributed by atoms with E-state index in [1.165, 1.54) is 11.3 Å². The van der Waals surface area contributed by atoms with Gasteiger partial charge >= 0.3 is 5.97 Å². The third kappa shape index (κ3) is 5.38. The Bertz CT molecular complexity index is 446. The molecule has 0 amide bonds. The zero-order chi connectivity index (χ0) is 15.8. The Kier molecular flexibility index (Phi) is 7.23. The predicted molar refractivity (Wildman–Crippen MR) is 87.8 cm³/mol. The second-order valence-corrected chi connectivity index (χ2v) is 5.45. The fourth-order valence-corrected chi connectivity index (χ4v) is 2.38. The number of esters is 1. The first-order valence-electron chi connectivity index (χ1n) is 7.72. The lowest BCUT2D eigenvalue weighted by Crippen LogP contribution is -2.49. The summed E-state index contributed by atoms with van der Waals surface area (Å²) in [6.45, 7) is 12.0. The van der Waals surface area contributed by atoms with Crippen molar-refractivity contribution in [3.8, 4) is 0 Å². The highest BCUT2D eigenvalue weighted by atomic mass is 16.5. The van der Waals surface area contributed by atoms with Gasteiger partial charge in [-0.05, 0) is 32.4 Å². The van der Waals surface area contributed by atoms with Gasteiger partial charge in [0.2, 0.25) is 0 Å². The van der Waals surface area contributed by atoms with E-state index in [2.05, 4.69) is 36.2 Å². The summed E-state index contributed by atoms with van der Waals surface area (Å²) in [5.41, 5.74) is 2.38. The normalized spacial score (nSPS) is 12.3. The number of hydrogen-bond donors (Lipinski definition) is 1. The van der Waals surface area contributed by atoms with Crippen molar-refractivity contribution in [2.45, 2.75) is 46.7 Å². The van der Waals surface area contributed by atoms with Gasteiger partial charge in [0.05, 0.1) is 6.61 Å². The summed E-state index contributed by atoms with van der Waals surface area (Å²) in [6, 6.07) is 8.16. The minimum atomic E-state index is -0.315. The second-order valence-electron chi connectivity index (χ2n) is 5.45. The molecule has 0 saturated heterocycles.